The van der Waals surface area contributed by atoms with Crippen LogP contribution >= 0.6 is 0 Å². The summed E-state index contributed by atoms with van der Waals surface area (Å²) in [5.41, 5.74) is 1.10. The van der Waals surface area contributed by atoms with E-state index in [9.17, 15) is 5.11 Å². The fraction of sp³-hybridized carbons (Fsp3) is 0.571. The Bertz CT molecular complexity index is 271. The quantitative estimate of drug-likeness (QED) is 0.717. The highest BCUT2D eigenvalue weighted by molar-refractivity contribution is 5.13. The third-order valence-electron chi connectivity index (χ3n) is 2.76. The highest BCUT2D eigenvalue weighted by Crippen LogP contribution is 2.14. The van der Waals surface area contributed by atoms with Crippen LogP contribution in [0.2, 0.25) is 0 Å². The average molecular weight is 222 g/mol. The normalized spacial score (nSPS) is 14.7. The smallest absolute Gasteiger partial charge is 0.157 e. The Morgan fingerprint density at radius 3 is 2.56 bits per heavy atom. The summed E-state index contributed by atoms with van der Waals surface area (Å²) >= 11 is 0. The lowest BCUT2D eigenvalue weighted by atomic mass is 10.0. The number of benzene rings is 1. The van der Waals surface area contributed by atoms with Crippen molar-refractivity contribution < 1.29 is 9.84 Å². The van der Waals surface area contributed by atoms with Gasteiger partial charge in [-0.3, -0.25) is 0 Å². The fourth-order valence-corrected chi connectivity index (χ4v) is 1.59. The minimum atomic E-state index is -0.647. The largest absolute Gasteiger partial charge is 0.368 e. The van der Waals surface area contributed by atoms with Crippen LogP contribution in [-0.2, 0) is 11.3 Å². The van der Waals surface area contributed by atoms with Crippen LogP contribution in [0, 0.1) is 5.92 Å². The molecule has 90 valence electrons. The molecule has 1 aromatic rings. The van der Waals surface area contributed by atoms with Gasteiger partial charge in [0.1, 0.15) is 0 Å². The van der Waals surface area contributed by atoms with Gasteiger partial charge in [-0.25, -0.2) is 0 Å². The van der Waals surface area contributed by atoms with E-state index >= 15 is 0 Å². The first-order valence-corrected chi connectivity index (χ1v) is 6.07. The minimum absolute atomic E-state index is 0.212. The van der Waals surface area contributed by atoms with Crippen molar-refractivity contribution in [2.75, 3.05) is 0 Å². The highest BCUT2D eigenvalue weighted by Gasteiger charge is 2.13. The second kappa shape index (κ2) is 7.42. The molecule has 0 bridgehead atoms. The molecule has 2 atom stereocenters. The van der Waals surface area contributed by atoms with Crippen LogP contribution in [0.1, 0.15) is 38.7 Å². The molecule has 1 N–H and O–H groups in total. The van der Waals surface area contributed by atoms with Crippen molar-refractivity contribution in [1.82, 2.24) is 0 Å². The Labute approximate surface area is 98.3 Å². The first kappa shape index (κ1) is 13.2. The van der Waals surface area contributed by atoms with E-state index in [2.05, 4.69) is 6.92 Å². The molecule has 0 spiro atoms. The molecule has 0 aromatic heterocycles. The minimum Gasteiger partial charge on any atom is -0.368 e. The van der Waals surface area contributed by atoms with Gasteiger partial charge in [0.25, 0.3) is 0 Å². The van der Waals surface area contributed by atoms with Crippen LogP contribution in [0.5, 0.6) is 0 Å². The SMILES string of the molecule is CCCCC(C)C(O)OCc1ccccc1. The Morgan fingerprint density at radius 1 is 1.25 bits per heavy atom. The van der Waals surface area contributed by atoms with E-state index in [-0.39, 0.29) is 5.92 Å². The molecule has 1 aromatic carbocycles. The molecule has 0 amide bonds. The van der Waals surface area contributed by atoms with E-state index < -0.39 is 6.29 Å². The van der Waals surface area contributed by atoms with Gasteiger partial charge in [-0.05, 0) is 12.0 Å². The summed E-state index contributed by atoms with van der Waals surface area (Å²) in [6.07, 6.45) is 2.68. The Hall–Kier alpha value is -0.860. The van der Waals surface area contributed by atoms with Gasteiger partial charge in [0, 0.05) is 5.92 Å². The van der Waals surface area contributed by atoms with Gasteiger partial charge in [-0.15, -0.1) is 0 Å². The summed E-state index contributed by atoms with van der Waals surface area (Å²) in [6, 6.07) is 9.94. The Balaban J connectivity index is 2.26. The molecule has 0 saturated carbocycles. The molecular formula is C14H22O2. The van der Waals surface area contributed by atoms with E-state index in [0.29, 0.717) is 6.61 Å². The van der Waals surface area contributed by atoms with Gasteiger partial charge in [-0.1, -0.05) is 57.0 Å². The zero-order valence-electron chi connectivity index (χ0n) is 10.2. The first-order chi connectivity index (χ1) is 7.74. The van der Waals surface area contributed by atoms with Crippen molar-refractivity contribution in [1.29, 1.82) is 0 Å². The molecule has 0 aliphatic rings. The van der Waals surface area contributed by atoms with Gasteiger partial charge in [0.15, 0.2) is 6.29 Å². The zero-order chi connectivity index (χ0) is 11.8. The molecule has 1 rings (SSSR count). The van der Waals surface area contributed by atoms with Crippen LogP contribution < -0.4 is 0 Å². The number of unbranched alkanes of at least 4 members (excludes halogenated alkanes) is 1. The van der Waals surface area contributed by atoms with Crippen LogP contribution in [-0.4, -0.2) is 11.4 Å². The summed E-state index contributed by atoms with van der Waals surface area (Å²) in [7, 11) is 0. The van der Waals surface area contributed by atoms with Crippen molar-refractivity contribution in [3.63, 3.8) is 0 Å². The summed E-state index contributed by atoms with van der Waals surface area (Å²) in [4.78, 5) is 0. The Kier molecular flexibility index (Phi) is 6.12. The van der Waals surface area contributed by atoms with E-state index in [1.165, 1.54) is 0 Å². The van der Waals surface area contributed by atoms with Crippen molar-refractivity contribution in [3.05, 3.63) is 35.9 Å². The van der Waals surface area contributed by atoms with Crippen LogP contribution in [0.15, 0.2) is 30.3 Å². The molecular weight excluding hydrogens is 200 g/mol. The maximum absolute atomic E-state index is 9.78. The molecule has 0 heterocycles. The zero-order valence-corrected chi connectivity index (χ0v) is 10.2. The van der Waals surface area contributed by atoms with E-state index in [1.54, 1.807) is 0 Å². The second-order valence-corrected chi connectivity index (χ2v) is 4.31. The van der Waals surface area contributed by atoms with Crippen LogP contribution in [0.25, 0.3) is 0 Å². The fourth-order valence-electron chi connectivity index (χ4n) is 1.59. The molecule has 2 nitrogen and oxygen atoms in total. The molecule has 0 aliphatic carbocycles. The number of aliphatic hydroxyl groups is 1. The molecule has 0 radical (unpaired) electrons. The van der Waals surface area contributed by atoms with Crippen LogP contribution in [0.4, 0.5) is 0 Å². The third-order valence-corrected chi connectivity index (χ3v) is 2.76. The highest BCUT2D eigenvalue weighted by atomic mass is 16.6. The Morgan fingerprint density at radius 2 is 1.94 bits per heavy atom. The van der Waals surface area contributed by atoms with Crippen molar-refractivity contribution in [2.45, 2.75) is 46.0 Å². The van der Waals surface area contributed by atoms with Crippen molar-refractivity contribution >= 4 is 0 Å². The maximum atomic E-state index is 9.78. The lowest BCUT2D eigenvalue weighted by Crippen LogP contribution is -2.21. The predicted molar refractivity (Wildman–Crippen MR) is 65.9 cm³/mol. The summed E-state index contributed by atoms with van der Waals surface area (Å²) in [5, 5.41) is 9.78. The average Bonchev–Trinajstić information content (AvgIpc) is 2.34. The second-order valence-electron chi connectivity index (χ2n) is 4.31. The molecule has 0 fully saturated rings. The van der Waals surface area contributed by atoms with E-state index in [0.717, 1.165) is 24.8 Å². The van der Waals surface area contributed by atoms with Gasteiger partial charge < -0.3 is 9.84 Å². The lowest BCUT2D eigenvalue weighted by molar-refractivity contribution is -0.139. The topological polar surface area (TPSA) is 29.5 Å². The lowest BCUT2D eigenvalue weighted by Gasteiger charge is -2.19. The van der Waals surface area contributed by atoms with Gasteiger partial charge in [0.2, 0.25) is 0 Å². The number of hydrogen-bond acceptors (Lipinski definition) is 2. The van der Waals surface area contributed by atoms with Crippen molar-refractivity contribution in [2.24, 2.45) is 5.92 Å². The van der Waals surface area contributed by atoms with Crippen molar-refractivity contribution in [3.8, 4) is 0 Å². The summed E-state index contributed by atoms with van der Waals surface area (Å²) in [5.74, 6) is 0.212. The monoisotopic (exact) mass is 222 g/mol. The number of ether oxygens (including phenoxy) is 1. The molecule has 2 unspecified atom stereocenters. The van der Waals surface area contributed by atoms with E-state index in [4.69, 9.17) is 4.74 Å². The van der Waals surface area contributed by atoms with Crippen LogP contribution in [0.3, 0.4) is 0 Å². The van der Waals surface area contributed by atoms with Gasteiger partial charge in [0.05, 0.1) is 6.61 Å². The number of aliphatic hydroxyl groups excluding tert-OH is 1. The number of hydrogen-bond donors (Lipinski definition) is 1. The van der Waals surface area contributed by atoms with Gasteiger partial charge >= 0.3 is 0 Å². The first-order valence-electron chi connectivity index (χ1n) is 6.07. The molecule has 0 saturated heterocycles. The predicted octanol–water partition coefficient (Wildman–Crippen LogP) is 3.35. The molecule has 16 heavy (non-hydrogen) atoms. The summed E-state index contributed by atoms with van der Waals surface area (Å²) in [6.45, 7) is 4.67. The maximum Gasteiger partial charge on any atom is 0.157 e. The third kappa shape index (κ3) is 4.77. The summed E-state index contributed by atoms with van der Waals surface area (Å²) < 4.78 is 5.44. The van der Waals surface area contributed by atoms with E-state index in [1.807, 2.05) is 37.3 Å². The van der Waals surface area contributed by atoms with Gasteiger partial charge in [-0.2, -0.15) is 0 Å². The molecule has 0 aliphatic heterocycles. The number of rotatable bonds is 7. The molecule has 2 heteroatoms. The standard InChI is InChI=1S/C14H22O2/c1-3-4-8-12(2)14(15)16-11-13-9-6-5-7-10-13/h5-7,9-10,12,14-15H,3-4,8,11H2,1-2H3.